The zero-order valence-corrected chi connectivity index (χ0v) is 17.9. The first-order valence-corrected chi connectivity index (χ1v) is 10.5. The number of carbonyl (C=O) groups is 1. The molecule has 0 bridgehead atoms. The molecule has 162 valence electrons. The summed E-state index contributed by atoms with van der Waals surface area (Å²) in [5.41, 5.74) is 3.29. The summed E-state index contributed by atoms with van der Waals surface area (Å²) in [6.45, 7) is 2.26. The van der Waals surface area contributed by atoms with Crippen molar-refractivity contribution in [1.29, 1.82) is 0 Å². The first kappa shape index (κ1) is 21.2. The molecule has 31 heavy (non-hydrogen) atoms. The minimum atomic E-state index is -1.06. The quantitative estimate of drug-likeness (QED) is 0.615. The molecule has 1 N–H and O–H groups in total. The molecule has 3 aromatic rings. The Bertz CT molecular complexity index is 1120. The molecule has 0 radical (unpaired) electrons. The average molecular weight is 445 g/mol. The molecule has 1 aliphatic rings. The highest BCUT2D eigenvalue weighted by Gasteiger charge is 2.20. The molecular formula is C22H21F2N3O3S. The molecule has 0 fully saturated rings. The molecule has 0 saturated carbocycles. The van der Waals surface area contributed by atoms with Crippen molar-refractivity contribution in [3.8, 4) is 11.5 Å². The lowest BCUT2D eigenvalue weighted by atomic mass is 9.98. The number of aromatic nitrogens is 1. The Kier molecular flexibility index (Phi) is 6.15. The van der Waals surface area contributed by atoms with E-state index in [1.165, 1.54) is 28.5 Å². The largest absolute Gasteiger partial charge is 0.493 e. The number of fused-ring (bicyclic) bond motifs is 1. The Morgan fingerprint density at radius 1 is 1.13 bits per heavy atom. The van der Waals surface area contributed by atoms with E-state index in [1.807, 2.05) is 17.5 Å². The van der Waals surface area contributed by atoms with Crippen LogP contribution >= 0.6 is 11.3 Å². The fraction of sp³-hybridized carbons (Fsp3) is 0.273. The number of nitrogens with zero attached hydrogens (tertiary/aromatic N) is 2. The monoisotopic (exact) mass is 445 g/mol. The van der Waals surface area contributed by atoms with Gasteiger partial charge < -0.3 is 9.47 Å². The van der Waals surface area contributed by atoms with Crippen molar-refractivity contribution in [1.82, 2.24) is 9.88 Å². The highest BCUT2D eigenvalue weighted by molar-refractivity contribution is 7.14. The molecular weight excluding hydrogens is 424 g/mol. The van der Waals surface area contributed by atoms with Crippen LogP contribution in [0, 0.1) is 11.6 Å². The predicted molar refractivity (Wildman–Crippen MR) is 114 cm³/mol. The van der Waals surface area contributed by atoms with Crippen molar-refractivity contribution in [3.63, 3.8) is 0 Å². The van der Waals surface area contributed by atoms with Gasteiger partial charge in [-0.2, -0.15) is 0 Å². The molecule has 2 heterocycles. The topological polar surface area (TPSA) is 63.7 Å². The molecule has 0 spiro atoms. The third-order valence-electron chi connectivity index (χ3n) is 5.14. The summed E-state index contributed by atoms with van der Waals surface area (Å²) < 4.78 is 37.2. The fourth-order valence-electron chi connectivity index (χ4n) is 3.55. The smallest absolute Gasteiger partial charge is 0.257 e. The second-order valence-electron chi connectivity index (χ2n) is 7.16. The Hall–Kier alpha value is -3.04. The molecule has 0 atom stereocenters. The second kappa shape index (κ2) is 8.99. The number of methoxy groups -OCH3 is 2. The van der Waals surface area contributed by atoms with Crippen LogP contribution in [0.5, 0.6) is 11.5 Å². The van der Waals surface area contributed by atoms with Gasteiger partial charge in [-0.1, -0.05) is 0 Å². The van der Waals surface area contributed by atoms with Gasteiger partial charge in [-0.3, -0.25) is 15.0 Å². The summed E-state index contributed by atoms with van der Waals surface area (Å²) in [4.78, 5) is 19.0. The Balaban J connectivity index is 1.40. The SMILES string of the molecule is COc1cc2c(cc1OC)CN(Cc1csc(NC(=O)c3ccc(F)c(F)c3)n1)CC2. The predicted octanol–water partition coefficient (Wildman–Crippen LogP) is 4.25. The zero-order chi connectivity index (χ0) is 22.0. The zero-order valence-electron chi connectivity index (χ0n) is 17.1. The highest BCUT2D eigenvalue weighted by Crippen LogP contribution is 2.33. The van der Waals surface area contributed by atoms with Gasteiger partial charge in [0.25, 0.3) is 5.91 Å². The van der Waals surface area contributed by atoms with E-state index >= 15 is 0 Å². The van der Waals surface area contributed by atoms with E-state index in [-0.39, 0.29) is 5.56 Å². The average Bonchev–Trinajstić information content (AvgIpc) is 3.21. The van der Waals surface area contributed by atoms with Crippen LogP contribution in [0.1, 0.15) is 27.2 Å². The Morgan fingerprint density at radius 2 is 1.87 bits per heavy atom. The summed E-state index contributed by atoms with van der Waals surface area (Å²) in [5.74, 6) is -1.15. The van der Waals surface area contributed by atoms with Crippen LogP contribution in [0.3, 0.4) is 0 Å². The van der Waals surface area contributed by atoms with Crippen LogP contribution in [0.15, 0.2) is 35.7 Å². The summed E-state index contributed by atoms with van der Waals surface area (Å²) >= 11 is 1.29. The molecule has 2 aromatic carbocycles. The van der Waals surface area contributed by atoms with Gasteiger partial charge in [0, 0.05) is 30.6 Å². The van der Waals surface area contributed by atoms with Gasteiger partial charge in [0.15, 0.2) is 28.3 Å². The molecule has 1 aromatic heterocycles. The van der Waals surface area contributed by atoms with Crippen LogP contribution in [-0.4, -0.2) is 36.6 Å². The van der Waals surface area contributed by atoms with Gasteiger partial charge in [0.05, 0.1) is 19.9 Å². The van der Waals surface area contributed by atoms with Crippen molar-refractivity contribution in [2.45, 2.75) is 19.5 Å². The Labute approximate surface area is 182 Å². The Morgan fingerprint density at radius 3 is 2.58 bits per heavy atom. The summed E-state index contributed by atoms with van der Waals surface area (Å²) in [6.07, 6.45) is 0.888. The van der Waals surface area contributed by atoms with Crippen LogP contribution < -0.4 is 14.8 Å². The molecule has 6 nitrogen and oxygen atoms in total. The number of nitrogens with one attached hydrogen (secondary N) is 1. The lowest BCUT2D eigenvalue weighted by molar-refractivity contribution is 0.102. The molecule has 1 amide bonds. The van der Waals surface area contributed by atoms with Gasteiger partial charge in [-0.25, -0.2) is 13.8 Å². The van der Waals surface area contributed by atoms with E-state index in [0.29, 0.717) is 17.4 Å². The van der Waals surface area contributed by atoms with Gasteiger partial charge >= 0.3 is 0 Å². The van der Waals surface area contributed by atoms with E-state index in [2.05, 4.69) is 15.2 Å². The van der Waals surface area contributed by atoms with Crippen molar-refractivity contribution in [3.05, 3.63) is 69.7 Å². The number of halogens is 2. The first-order chi connectivity index (χ1) is 15.0. The van der Waals surface area contributed by atoms with Gasteiger partial charge in [-0.15, -0.1) is 11.3 Å². The fourth-order valence-corrected chi connectivity index (χ4v) is 4.25. The maximum atomic E-state index is 13.4. The molecule has 0 unspecified atom stereocenters. The van der Waals surface area contributed by atoms with Crippen molar-refractivity contribution in [2.24, 2.45) is 0 Å². The molecule has 9 heteroatoms. The standard InChI is InChI=1S/C22H21F2N3O3S/c1-29-19-8-13-5-6-27(10-15(13)9-20(19)30-2)11-16-12-31-22(25-16)26-21(28)14-3-4-17(23)18(24)7-14/h3-4,7-9,12H,5-6,10-11H2,1-2H3,(H,25,26,28). The van der Waals surface area contributed by atoms with Crippen LogP contribution in [0.2, 0.25) is 0 Å². The van der Waals surface area contributed by atoms with Crippen LogP contribution in [-0.2, 0) is 19.5 Å². The van der Waals surface area contributed by atoms with E-state index in [9.17, 15) is 13.6 Å². The number of carbonyl (C=O) groups excluding carboxylic acids is 1. The van der Waals surface area contributed by atoms with Crippen molar-refractivity contribution in [2.75, 3.05) is 26.1 Å². The van der Waals surface area contributed by atoms with Gasteiger partial charge in [0.1, 0.15) is 0 Å². The number of benzene rings is 2. The first-order valence-electron chi connectivity index (χ1n) is 9.63. The van der Waals surface area contributed by atoms with Gasteiger partial charge in [0.2, 0.25) is 0 Å². The number of thiazole rings is 1. The number of anilines is 1. The van der Waals surface area contributed by atoms with Crippen LogP contribution in [0.4, 0.5) is 13.9 Å². The normalized spacial score (nSPS) is 13.5. The van der Waals surface area contributed by atoms with E-state index in [4.69, 9.17) is 9.47 Å². The van der Waals surface area contributed by atoms with Gasteiger partial charge in [-0.05, 0) is 47.9 Å². The minimum Gasteiger partial charge on any atom is -0.493 e. The summed E-state index contributed by atoms with van der Waals surface area (Å²) in [5, 5.41) is 4.93. The second-order valence-corrected chi connectivity index (χ2v) is 8.02. The number of rotatable bonds is 6. The van der Waals surface area contributed by atoms with Crippen molar-refractivity contribution >= 4 is 22.4 Å². The number of amides is 1. The molecule has 4 rings (SSSR count). The highest BCUT2D eigenvalue weighted by atomic mass is 32.1. The molecule has 0 saturated heterocycles. The lowest BCUT2D eigenvalue weighted by Gasteiger charge is -2.29. The number of ether oxygens (including phenoxy) is 2. The minimum absolute atomic E-state index is 0.0349. The van der Waals surface area contributed by atoms with E-state index < -0.39 is 17.5 Å². The van der Waals surface area contributed by atoms with E-state index in [0.717, 1.165) is 43.1 Å². The third kappa shape index (κ3) is 4.67. The van der Waals surface area contributed by atoms with Crippen molar-refractivity contribution < 1.29 is 23.0 Å². The number of hydrogen-bond acceptors (Lipinski definition) is 6. The maximum Gasteiger partial charge on any atom is 0.257 e. The number of hydrogen-bond donors (Lipinski definition) is 1. The third-order valence-corrected chi connectivity index (χ3v) is 5.94. The molecule has 0 aliphatic carbocycles. The van der Waals surface area contributed by atoms with E-state index in [1.54, 1.807) is 14.2 Å². The lowest BCUT2D eigenvalue weighted by Crippen LogP contribution is -2.30. The molecule has 1 aliphatic heterocycles. The van der Waals surface area contributed by atoms with Crippen LogP contribution in [0.25, 0.3) is 0 Å². The summed E-state index contributed by atoms with van der Waals surface area (Å²) in [7, 11) is 3.25. The summed E-state index contributed by atoms with van der Waals surface area (Å²) in [6, 6.07) is 7.07. The maximum absolute atomic E-state index is 13.4.